The number of hydrogen-bond acceptors (Lipinski definition) is 2. The number of benzene rings is 1. The van der Waals surface area contributed by atoms with Crippen LogP contribution in [0.5, 0.6) is 5.75 Å². The Hall–Kier alpha value is -0.680. The highest BCUT2D eigenvalue weighted by Gasteiger charge is 2.15. The van der Waals surface area contributed by atoms with E-state index in [0.29, 0.717) is 17.0 Å². The van der Waals surface area contributed by atoms with Gasteiger partial charge in [0.2, 0.25) is 0 Å². The van der Waals surface area contributed by atoms with Crippen molar-refractivity contribution < 1.29 is 13.5 Å². The summed E-state index contributed by atoms with van der Waals surface area (Å²) in [5.41, 5.74) is 0. The molecule has 1 aromatic carbocycles. The Bertz CT molecular complexity index is 385. The van der Waals surface area contributed by atoms with E-state index >= 15 is 0 Å². The largest absolute Gasteiger partial charge is 0.489 e. The Balaban J connectivity index is 1.86. The molecule has 5 heteroatoms. The third kappa shape index (κ3) is 3.65. The minimum Gasteiger partial charge on any atom is -0.489 e. The Kier molecular flexibility index (Phi) is 4.95. The van der Waals surface area contributed by atoms with Crippen molar-refractivity contribution in [2.75, 3.05) is 19.7 Å². The first kappa shape index (κ1) is 13.7. The van der Waals surface area contributed by atoms with Gasteiger partial charge in [0, 0.05) is 6.07 Å². The van der Waals surface area contributed by atoms with E-state index in [1.807, 2.05) is 0 Å². The highest BCUT2D eigenvalue weighted by atomic mass is 79.9. The monoisotopic (exact) mass is 319 g/mol. The minimum atomic E-state index is -0.663. The number of rotatable bonds is 4. The zero-order chi connectivity index (χ0) is 13.0. The highest BCUT2D eigenvalue weighted by Crippen LogP contribution is 2.29. The maximum absolute atomic E-state index is 13.5. The number of hydrogen-bond donors (Lipinski definition) is 1. The zero-order valence-electron chi connectivity index (χ0n) is 10.0. The number of piperidine rings is 1. The maximum atomic E-state index is 13.5. The van der Waals surface area contributed by atoms with Crippen molar-refractivity contribution in [2.45, 2.75) is 19.3 Å². The summed E-state index contributed by atoms with van der Waals surface area (Å²) in [7, 11) is 0. The standard InChI is InChI=1S/C13H16BrF2NO/c14-11-6-10(15)7-12(16)13(11)18-5-3-9-2-1-4-17-8-9/h6-7,9,17H,1-5,8H2. The average Bonchev–Trinajstić information content (AvgIpc) is 2.34. The molecule has 1 atom stereocenters. The van der Waals surface area contributed by atoms with Crippen LogP contribution in [0.4, 0.5) is 8.78 Å². The first-order chi connectivity index (χ1) is 8.66. The molecule has 0 aromatic heterocycles. The van der Waals surface area contributed by atoms with Crippen LogP contribution in [0, 0.1) is 17.6 Å². The van der Waals surface area contributed by atoms with Crippen molar-refractivity contribution >= 4 is 15.9 Å². The smallest absolute Gasteiger partial charge is 0.169 e. The summed E-state index contributed by atoms with van der Waals surface area (Å²) in [4.78, 5) is 0. The lowest BCUT2D eigenvalue weighted by Gasteiger charge is -2.22. The van der Waals surface area contributed by atoms with Crippen molar-refractivity contribution in [3.05, 3.63) is 28.2 Å². The summed E-state index contributed by atoms with van der Waals surface area (Å²) in [6.07, 6.45) is 3.25. The maximum Gasteiger partial charge on any atom is 0.169 e. The van der Waals surface area contributed by atoms with Crippen LogP contribution in [-0.4, -0.2) is 19.7 Å². The fraction of sp³-hybridized carbons (Fsp3) is 0.538. The third-order valence-electron chi connectivity index (χ3n) is 3.13. The van der Waals surface area contributed by atoms with Gasteiger partial charge in [0.15, 0.2) is 11.6 Å². The molecule has 2 nitrogen and oxygen atoms in total. The fourth-order valence-electron chi connectivity index (χ4n) is 2.16. The van der Waals surface area contributed by atoms with Crippen LogP contribution in [0.1, 0.15) is 19.3 Å². The first-order valence-electron chi connectivity index (χ1n) is 6.15. The number of nitrogens with one attached hydrogen (secondary N) is 1. The lowest BCUT2D eigenvalue weighted by Crippen LogP contribution is -2.30. The van der Waals surface area contributed by atoms with E-state index in [4.69, 9.17) is 4.74 Å². The lowest BCUT2D eigenvalue weighted by molar-refractivity contribution is 0.244. The first-order valence-corrected chi connectivity index (χ1v) is 6.94. The second-order valence-corrected chi connectivity index (χ2v) is 5.40. The fourth-order valence-corrected chi connectivity index (χ4v) is 2.69. The van der Waals surface area contributed by atoms with E-state index in [0.717, 1.165) is 25.6 Å². The van der Waals surface area contributed by atoms with E-state index < -0.39 is 11.6 Å². The average molecular weight is 320 g/mol. The van der Waals surface area contributed by atoms with Gasteiger partial charge in [-0.2, -0.15) is 0 Å². The van der Waals surface area contributed by atoms with Crippen molar-refractivity contribution in [1.29, 1.82) is 0 Å². The molecule has 1 fully saturated rings. The molecule has 1 aliphatic rings. The quantitative estimate of drug-likeness (QED) is 0.917. The molecule has 18 heavy (non-hydrogen) atoms. The van der Waals surface area contributed by atoms with Crippen molar-refractivity contribution in [3.63, 3.8) is 0 Å². The van der Waals surface area contributed by atoms with Crippen molar-refractivity contribution in [1.82, 2.24) is 5.32 Å². The molecule has 1 N–H and O–H groups in total. The Labute approximate surface area is 114 Å². The molecule has 0 amide bonds. The van der Waals surface area contributed by atoms with Crippen LogP contribution in [0.2, 0.25) is 0 Å². The molecule has 0 aliphatic carbocycles. The van der Waals surface area contributed by atoms with E-state index in [2.05, 4.69) is 21.2 Å². The zero-order valence-corrected chi connectivity index (χ0v) is 11.6. The molecule has 0 bridgehead atoms. The Morgan fingerprint density at radius 3 is 2.89 bits per heavy atom. The SMILES string of the molecule is Fc1cc(F)c(OCCC2CCCNC2)c(Br)c1. The summed E-state index contributed by atoms with van der Waals surface area (Å²) in [6.45, 7) is 2.53. The number of ether oxygens (including phenoxy) is 1. The molecular formula is C13H16BrF2NO. The predicted octanol–water partition coefficient (Wildman–Crippen LogP) is 3.50. The molecule has 0 spiro atoms. The van der Waals surface area contributed by atoms with E-state index in [9.17, 15) is 8.78 Å². The number of halogens is 3. The van der Waals surface area contributed by atoms with Gasteiger partial charge in [-0.05, 0) is 60.3 Å². The molecule has 0 saturated carbocycles. The van der Waals surface area contributed by atoms with Gasteiger partial charge in [-0.3, -0.25) is 0 Å². The second kappa shape index (κ2) is 6.48. The topological polar surface area (TPSA) is 21.3 Å². The van der Waals surface area contributed by atoms with Crippen LogP contribution in [-0.2, 0) is 0 Å². The summed E-state index contributed by atoms with van der Waals surface area (Å²) in [5.74, 6) is -0.590. The summed E-state index contributed by atoms with van der Waals surface area (Å²) in [6, 6.07) is 2.04. The van der Waals surface area contributed by atoms with E-state index in [-0.39, 0.29) is 5.75 Å². The summed E-state index contributed by atoms with van der Waals surface area (Å²) < 4.78 is 32.1. The second-order valence-electron chi connectivity index (χ2n) is 4.55. The highest BCUT2D eigenvalue weighted by molar-refractivity contribution is 9.10. The lowest BCUT2D eigenvalue weighted by atomic mass is 9.97. The normalized spacial score (nSPS) is 19.8. The van der Waals surface area contributed by atoms with Crippen LogP contribution in [0.25, 0.3) is 0 Å². The van der Waals surface area contributed by atoms with Gasteiger partial charge < -0.3 is 10.1 Å². The van der Waals surface area contributed by atoms with Gasteiger partial charge in [0.05, 0.1) is 11.1 Å². The predicted molar refractivity (Wildman–Crippen MR) is 69.8 cm³/mol. The van der Waals surface area contributed by atoms with Gasteiger partial charge in [-0.1, -0.05) is 0 Å². The third-order valence-corrected chi connectivity index (χ3v) is 3.72. The van der Waals surface area contributed by atoms with Crippen molar-refractivity contribution in [3.8, 4) is 5.75 Å². The van der Waals surface area contributed by atoms with Gasteiger partial charge in [0.1, 0.15) is 5.82 Å². The van der Waals surface area contributed by atoms with Gasteiger partial charge in [-0.15, -0.1) is 0 Å². The van der Waals surface area contributed by atoms with Crippen LogP contribution >= 0.6 is 15.9 Å². The molecule has 0 radical (unpaired) electrons. The van der Waals surface area contributed by atoms with Crippen LogP contribution < -0.4 is 10.1 Å². The Morgan fingerprint density at radius 1 is 1.39 bits per heavy atom. The van der Waals surface area contributed by atoms with E-state index in [1.54, 1.807) is 0 Å². The van der Waals surface area contributed by atoms with Gasteiger partial charge in [0.25, 0.3) is 0 Å². The molecular weight excluding hydrogens is 304 g/mol. The molecule has 1 aromatic rings. The summed E-state index contributed by atoms with van der Waals surface area (Å²) in [5, 5.41) is 3.33. The Morgan fingerprint density at radius 2 is 2.22 bits per heavy atom. The van der Waals surface area contributed by atoms with Gasteiger partial charge in [-0.25, -0.2) is 8.78 Å². The van der Waals surface area contributed by atoms with Crippen LogP contribution in [0.3, 0.4) is 0 Å². The van der Waals surface area contributed by atoms with Crippen molar-refractivity contribution in [2.24, 2.45) is 5.92 Å². The summed E-state index contributed by atoms with van der Waals surface area (Å²) >= 11 is 3.11. The molecule has 2 rings (SSSR count). The van der Waals surface area contributed by atoms with Crippen LogP contribution in [0.15, 0.2) is 16.6 Å². The molecule has 1 aliphatic heterocycles. The molecule has 100 valence electrons. The molecule has 1 unspecified atom stereocenters. The van der Waals surface area contributed by atoms with Gasteiger partial charge >= 0.3 is 0 Å². The van der Waals surface area contributed by atoms with E-state index in [1.165, 1.54) is 18.9 Å². The molecule has 1 heterocycles. The minimum absolute atomic E-state index is 0.0974. The molecule has 1 saturated heterocycles.